The summed E-state index contributed by atoms with van der Waals surface area (Å²) >= 11 is 0. The minimum atomic E-state index is -2.92. The molecule has 0 fully saturated rings. The summed E-state index contributed by atoms with van der Waals surface area (Å²) in [6.45, 7) is -0.195. The monoisotopic (exact) mass is 294 g/mol. The molecule has 0 aliphatic rings. The summed E-state index contributed by atoms with van der Waals surface area (Å²) in [5, 5.41) is 4.32. The van der Waals surface area contributed by atoms with Crippen LogP contribution < -0.4 is 4.74 Å². The molecule has 112 valence electrons. The van der Waals surface area contributed by atoms with Gasteiger partial charge in [0.25, 0.3) is 0 Å². The van der Waals surface area contributed by atoms with Crippen LogP contribution in [-0.2, 0) is 6.54 Å². The van der Waals surface area contributed by atoms with Gasteiger partial charge in [-0.05, 0) is 18.6 Å². The fourth-order valence-corrected chi connectivity index (χ4v) is 2.03. The molecule has 0 N–H and O–H groups in total. The van der Waals surface area contributed by atoms with Crippen molar-refractivity contribution in [2.24, 2.45) is 0 Å². The van der Waals surface area contributed by atoms with E-state index in [-0.39, 0.29) is 5.75 Å². The van der Waals surface area contributed by atoms with Crippen LogP contribution in [0.3, 0.4) is 0 Å². The third-order valence-corrected chi connectivity index (χ3v) is 3.02. The molecule has 0 saturated heterocycles. The van der Waals surface area contributed by atoms with Crippen molar-refractivity contribution in [1.82, 2.24) is 9.78 Å². The highest BCUT2D eigenvalue weighted by Gasteiger charge is 2.16. The molecule has 0 saturated carbocycles. The molecule has 0 unspecified atom stereocenters. The number of ether oxygens (including phenoxy) is 1. The number of aromatic nitrogens is 2. The lowest BCUT2D eigenvalue weighted by molar-refractivity contribution is -0.0494. The Morgan fingerprint density at radius 1 is 1.38 bits per heavy atom. The van der Waals surface area contributed by atoms with Gasteiger partial charge in [-0.2, -0.15) is 13.9 Å². The Morgan fingerprint density at radius 2 is 2.14 bits per heavy atom. The van der Waals surface area contributed by atoms with Gasteiger partial charge in [-0.25, -0.2) is 0 Å². The van der Waals surface area contributed by atoms with E-state index in [9.17, 15) is 13.6 Å². The minimum Gasteiger partial charge on any atom is -0.434 e. The maximum atomic E-state index is 12.5. The molecule has 2 aromatic rings. The number of rotatable bonds is 7. The van der Waals surface area contributed by atoms with E-state index >= 15 is 0 Å². The molecule has 4 nitrogen and oxygen atoms in total. The van der Waals surface area contributed by atoms with Gasteiger partial charge < -0.3 is 4.74 Å². The zero-order chi connectivity index (χ0) is 15.2. The predicted octanol–water partition coefficient (Wildman–Crippen LogP) is 3.76. The van der Waals surface area contributed by atoms with Crippen molar-refractivity contribution < 1.29 is 18.3 Å². The SMILES string of the molecule is CCCCn1cc(C=O)c(-c2ccccc2OC(F)F)n1. The molecule has 0 aliphatic carbocycles. The normalized spacial score (nSPS) is 10.9. The largest absolute Gasteiger partial charge is 0.434 e. The van der Waals surface area contributed by atoms with Gasteiger partial charge in [0.2, 0.25) is 0 Å². The van der Waals surface area contributed by atoms with Crippen LogP contribution in [0.15, 0.2) is 30.5 Å². The molecule has 0 radical (unpaired) electrons. The summed E-state index contributed by atoms with van der Waals surface area (Å²) in [5.41, 5.74) is 1.10. The second-order valence-corrected chi connectivity index (χ2v) is 4.54. The van der Waals surface area contributed by atoms with Crippen LogP contribution in [0.25, 0.3) is 11.3 Å². The van der Waals surface area contributed by atoms with Gasteiger partial charge in [0, 0.05) is 18.3 Å². The summed E-state index contributed by atoms with van der Waals surface area (Å²) in [5.74, 6) is 0.0105. The van der Waals surface area contributed by atoms with Crippen LogP contribution >= 0.6 is 0 Å². The minimum absolute atomic E-state index is 0.0105. The number of halogens is 2. The summed E-state index contributed by atoms with van der Waals surface area (Å²) in [6.07, 6.45) is 4.21. The number of nitrogens with zero attached hydrogens (tertiary/aromatic N) is 2. The fourth-order valence-electron chi connectivity index (χ4n) is 2.03. The van der Waals surface area contributed by atoms with Crippen LogP contribution in [0.2, 0.25) is 0 Å². The predicted molar refractivity (Wildman–Crippen MR) is 74.6 cm³/mol. The quantitative estimate of drug-likeness (QED) is 0.730. The second kappa shape index (κ2) is 6.97. The van der Waals surface area contributed by atoms with Crippen LogP contribution in [0.1, 0.15) is 30.1 Å². The first-order valence-corrected chi connectivity index (χ1v) is 6.72. The van der Waals surface area contributed by atoms with Gasteiger partial charge >= 0.3 is 6.61 Å². The third kappa shape index (κ3) is 3.65. The molecule has 1 heterocycles. The highest BCUT2D eigenvalue weighted by Crippen LogP contribution is 2.31. The zero-order valence-corrected chi connectivity index (χ0v) is 11.6. The van der Waals surface area contributed by atoms with Gasteiger partial charge in [-0.1, -0.05) is 25.5 Å². The van der Waals surface area contributed by atoms with Crippen molar-refractivity contribution in [3.8, 4) is 17.0 Å². The molecule has 1 aromatic carbocycles. The second-order valence-electron chi connectivity index (χ2n) is 4.54. The number of aldehydes is 1. The Kier molecular flexibility index (Phi) is 5.03. The molecule has 0 atom stereocenters. The Bertz CT molecular complexity index is 611. The Balaban J connectivity index is 2.41. The number of aryl methyl sites for hydroxylation is 1. The first kappa shape index (κ1) is 15.2. The number of hydrogen-bond acceptors (Lipinski definition) is 3. The van der Waals surface area contributed by atoms with Crippen LogP contribution in [0, 0.1) is 0 Å². The summed E-state index contributed by atoms with van der Waals surface area (Å²) in [4.78, 5) is 11.2. The molecular formula is C15H16F2N2O2. The van der Waals surface area contributed by atoms with Crippen molar-refractivity contribution in [3.63, 3.8) is 0 Å². The number of carbonyl (C=O) groups is 1. The van der Waals surface area contributed by atoms with E-state index in [0.717, 1.165) is 12.8 Å². The number of carbonyl (C=O) groups excluding carboxylic acids is 1. The van der Waals surface area contributed by atoms with Gasteiger partial charge in [0.1, 0.15) is 11.4 Å². The maximum Gasteiger partial charge on any atom is 0.387 e. The highest BCUT2D eigenvalue weighted by molar-refractivity contribution is 5.87. The fraction of sp³-hybridized carbons (Fsp3) is 0.333. The van der Waals surface area contributed by atoms with Crippen molar-refractivity contribution in [2.75, 3.05) is 0 Å². The molecule has 21 heavy (non-hydrogen) atoms. The lowest BCUT2D eigenvalue weighted by atomic mass is 10.1. The maximum absolute atomic E-state index is 12.5. The van der Waals surface area contributed by atoms with Crippen molar-refractivity contribution in [2.45, 2.75) is 32.9 Å². The Labute approximate surface area is 121 Å². The molecule has 6 heteroatoms. The average molecular weight is 294 g/mol. The number of alkyl halides is 2. The van der Waals surface area contributed by atoms with E-state index in [4.69, 9.17) is 0 Å². The summed E-state index contributed by atoms with van der Waals surface area (Å²) in [7, 11) is 0. The topological polar surface area (TPSA) is 44.1 Å². The number of hydrogen-bond donors (Lipinski definition) is 0. The lowest BCUT2D eigenvalue weighted by Crippen LogP contribution is -2.04. The van der Waals surface area contributed by atoms with E-state index in [0.29, 0.717) is 29.7 Å². The highest BCUT2D eigenvalue weighted by atomic mass is 19.3. The van der Waals surface area contributed by atoms with Crippen LogP contribution in [-0.4, -0.2) is 22.7 Å². The van der Waals surface area contributed by atoms with Crippen LogP contribution in [0.5, 0.6) is 5.75 Å². The molecule has 0 aliphatic heterocycles. The first-order chi connectivity index (χ1) is 10.2. The van der Waals surface area contributed by atoms with Gasteiger partial charge in [-0.3, -0.25) is 9.48 Å². The number of benzene rings is 1. The zero-order valence-electron chi connectivity index (χ0n) is 11.6. The van der Waals surface area contributed by atoms with Crippen LogP contribution in [0.4, 0.5) is 8.78 Å². The molecule has 1 aromatic heterocycles. The van der Waals surface area contributed by atoms with E-state index in [2.05, 4.69) is 16.8 Å². The van der Waals surface area contributed by atoms with E-state index in [1.807, 2.05) is 0 Å². The molecule has 2 rings (SSSR count). The van der Waals surface area contributed by atoms with E-state index in [1.165, 1.54) is 6.07 Å². The number of unbranched alkanes of at least 4 members (excludes halogenated alkanes) is 1. The summed E-state index contributed by atoms with van der Waals surface area (Å²) < 4.78 is 31.1. The van der Waals surface area contributed by atoms with Gasteiger partial charge in [0.15, 0.2) is 6.29 Å². The standard InChI is InChI=1S/C15H16F2N2O2/c1-2-3-8-19-9-11(10-20)14(18-19)12-6-4-5-7-13(12)21-15(16)17/h4-7,9-10,15H,2-3,8H2,1H3. The Hall–Kier alpha value is -2.24. The van der Waals surface area contributed by atoms with E-state index < -0.39 is 6.61 Å². The van der Waals surface area contributed by atoms with Crippen molar-refractivity contribution in [3.05, 3.63) is 36.0 Å². The molecular weight excluding hydrogens is 278 g/mol. The molecule has 0 bridgehead atoms. The first-order valence-electron chi connectivity index (χ1n) is 6.72. The van der Waals surface area contributed by atoms with Crippen molar-refractivity contribution in [1.29, 1.82) is 0 Å². The van der Waals surface area contributed by atoms with Gasteiger partial charge in [-0.15, -0.1) is 0 Å². The molecule has 0 amide bonds. The molecule has 0 spiro atoms. The van der Waals surface area contributed by atoms with Gasteiger partial charge in [0.05, 0.1) is 5.56 Å². The third-order valence-electron chi connectivity index (χ3n) is 3.02. The Morgan fingerprint density at radius 3 is 2.81 bits per heavy atom. The smallest absolute Gasteiger partial charge is 0.387 e. The lowest BCUT2D eigenvalue weighted by Gasteiger charge is -2.09. The van der Waals surface area contributed by atoms with Crippen molar-refractivity contribution >= 4 is 6.29 Å². The van der Waals surface area contributed by atoms with E-state index in [1.54, 1.807) is 29.1 Å². The summed E-state index contributed by atoms with van der Waals surface area (Å²) in [6, 6.07) is 6.32. The average Bonchev–Trinajstić information content (AvgIpc) is 2.88. The number of para-hydroxylation sites is 1.